The highest BCUT2D eigenvalue weighted by Gasteiger charge is 2.17. The van der Waals surface area contributed by atoms with Gasteiger partial charge in [0.1, 0.15) is 0 Å². The first-order valence-electron chi connectivity index (χ1n) is 6.38. The van der Waals surface area contributed by atoms with Crippen LogP contribution in [0.5, 0.6) is 0 Å². The topological polar surface area (TPSA) is 29.3 Å². The smallest absolute Gasteiger partial charge is 0.0461 e. The average Bonchev–Trinajstić information content (AvgIpc) is 2.29. The fraction of sp³-hybridized carbons (Fsp3) is 0.571. The van der Waals surface area contributed by atoms with Gasteiger partial charge in [-0.25, -0.2) is 0 Å². The molecule has 0 saturated carbocycles. The highest BCUT2D eigenvalue weighted by atomic mass is 35.5. The zero-order chi connectivity index (χ0) is 12.4. The van der Waals surface area contributed by atoms with Crippen LogP contribution in [0, 0.1) is 0 Å². The first kappa shape index (κ1) is 12.7. The molecular formula is C14H21ClN2. The summed E-state index contributed by atoms with van der Waals surface area (Å²) < 4.78 is 0. The van der Waals surface area contributed by atoms with Crippen LogP contribution in [-0.4, -0.2) is 19.1 Å². The zero-order valence-corrected chi connectivity index (χ0v) is 11.4. The van der Waals surface area contributed by atoms with E-state index >= 15 is 0 Å². The lowest BCUT2D eigenvalue weighted by molar-refractivity contribution is 0.501. The molecule has 0 aliphatic carbocycles. The van der Waals surface area contributed by atoms with E-state index in [0.29, 0.717) is 12.0 Å². The van der Waals surface area contributed by atoms with Crippen LogP contribution in [0.25, 0.3) is 0 Å². The molecule has 2 rings (SSSR count). The largest absolute Gasteiger partial charge is 0.371 e. The minimum Gasteiger partial charge on any atom is -0.371 e. The normalized spacial score (nSPS) is 17.8. The van der Waals surface area contributed by atoms with Gasteiger partial charge >= 0.3 is 0 Å². The number of rotatable bonds is 2. The van der Waals surface area contributed by atoms with Gasteiger partial charge in [0.25, 0.3) is 0 Å². The van der Waals surface area contributed by atoms with Crippen LogP contribution < -0.4 is 10.6 Å². The van der Waals surface area contributed by atoms with Crippen molar-refractivity contribution in [2.45, 2.75) is 38.6 Å². The number of hydrogen-bond acceptors (Lipinski definition) is 2. The molecule has 3 heteroatoms. The first-order chi connectivity index (χ1) is 8.08. The van der Waals surface area contributed by atoms with Gasteiger partial charge in [-0.15, -0.1) is 0 Å². The summed E-state index contributed by atoms with van der Waals surface area (Å²) in [4.78, 5) is 2.37. The van der Waals surface area contributed by atoms with Crippen molar-refractivity contribution in [2.75, 3.05) is 18.0 Å². The minimum absolute atomic E-state index is 0.372. The Bertz CT molecular complexity index is 382. The molecular weight excluding hydrogens is 232 g/mol. The number of nitrogens with two attached hydrogens (primary N) is 1. The van der Waals surface area contributed by atoms with Crippen molar-refractivity contribution in [3.05, 3.63) is 28.8 Å². The Hall–Kier alpha value is -0.730. The molecule has 1 saturated heterocycles. The molecule has 94 valence electrons. The molecule has 1 heterocycles. The second-order valence-electron chi connectivity index (χ2n) is 5.18. The van der Waals surface area contributed by atoms with Gasteiger partial charge in [-0.1, -0.05) is 31.5 Å². The molecule has 17 heavy (non-hydrogen) atoms. The van der Waals surface area contributed by atoms with Gasteiger partial charge in [-0.2, -0.15) is 0 Å². The molecule has 0 spiro atoms. The predicted molar refractivity (Wildman–Crippen MR) is 75.0 cm³/mol. The standard InChI is InChI=1S/C14H21ClN2/c1-10(2)13-4-3-12(9-14(13)15)17-7-5-11(16)6-8-17/h3-4,9-11H,5-8,16H2,1-2H3. The second-order valence-corrected chi connectivity index (χ2v) is 5.59. The lowest BCUT2D eigenvalue weighted by Crippen LogP contribution is -2.39. The Morgan fingerprint density at radius 3 is 2.47 bits per heavy atom. The van der Waals surface area contributed by atoms with E-state index in [1.54, 1.807) is 0 Å². The first-order valence-corrected chi connectivity index (χ1v) is 6.75. The third-order valence-corrected chi connectivity index (χ3v) is 3.84. The highest BCUT2D eigenvalue weighted by molar-refractivity contribution is 6.31. The van der Waals surface area contributed by atoms with Crippen molar-refractivity contribution >= 4 is 17.3 Å². The molecule has 2 N–H and O–H groups in total. The maximum absolute atomic E-state index is 6.32. The molecule has 2 nitrogen and oxygen atoms in total. The van der Waals surface area contributed by atoms with E-state index in [-0.39, 0.29) is 0 Å². The third kappa shape index (κ3) is 2.93. The van der Waals surface area contributed by atoms with Gasteiger partial charge in [0.2, 0.25) is 0 Å². The van der Waals surface area contributed by atoms with Crippen LogP contribution in [0.3, 0.4) is 0 Å². The van der Waals surface area contributed by atoms with Crippen molar-refractivity contribution < 1.29 is 0 Å². The molecule has 1 fully saturated rings. The van der Waals surface area contributed by atoms with Crippen LogP contribution >= 0.6 is 11.6 Å². The summed E-state index contributed by atoms with van der Waals surface area (Å²) >= 11 is 6.32. The lowest BCUT2D eigenvalue weighted by atomic mass is 10.0. The number of piperidine rings is 1. The fourth-order valence-electron chi connectivity index (χ4n) is 2.34. The molecule has 0 atom stereocenters. The van der Waals surface area contributed by atoms with Gasteiger partial charge < -0.3 is 10.6 Å². The predicted octanol–water partition coefficient (Wildman–Crippen LogP) is 3.39. The van der Waals surface area contributed by atoms with E-state index in [9.17, 15) is 0 Å². The Morgan fingerprint density at radius 2 is 1.94 bits per heavy atom. The Labute approximate surface area is 109 Å². The fourth-order valence-corrected chi connectivity index (χ4v) is 2.73. The lowest BCUT2D eigenvalue weighted by Gasteiger charge is -2.32. The monoisotopic (exact) mass is 252 g/mol. The molecule has 1 aromatic carbocycles. The molecule has 1 aromatic rings. The SMILES string of the molecule is CC(C)c1ccc(N2CCC(N)CC2)cc1Cl. The van der Waals surface area contributed by atoms with Crippen molar-refractivity contribution in [3.63, 3.8) is 0 Å². The average molecular weight is 253 g/mol. The molecule has 1 aliphatic heterocycles. The van der Waals surface area contributed by atoms with Crippen molar-refractivity contribution in [1.29, 1.82) is 0 Å². The van der Waals surface area contributed by atoms with E-state index < -0.39 is 0 Å². The van der Waals surface area contributed by atoms with E-state index in [1.165, 1.54) is 11.3 Å². The van der Waals surface area contributed by atoms with Crippen molar-refractivity contribution in [1.82, 2.24) is 0 Å². The summed E-state index contributed by atoms with van der Waals surface area (Å²) in [6, 6.07) is 6.79. The Morgan fingerprint density at radius 1 is 1.29 bits per heavy atom. The van der Waals surface area contributed by atoms with Gasteiger partial charge in [-0.05, 0) is 36.5 Å². The molecule has 0 unspecified atom stereocenters. The summed E-state index contributed by atoms with van der Waals surface area (Å²) in [6.45, 7) is 6.42. The summed E-state index contributed by atoms with van der Waals surface area (Å²) in [5.74, 6) is 0.478. The maximum Gasteiger partial charge on any atom is 0.0461 e. The van der Waals surface area contributed by atoms with Gasteiger partial charge in [-0.3, -0.25) is 0 Å². The van der Waals surface area contributed by atoms with Crippen molar-refractivity contribution in [2.24, 2.45) is 5.73 Å². The molecule has 0 aromatic heterocycles. The maximum atomic E-state index is 6.32. The van der Waals surface area contributed by atoms with Crippen LogP contribution in [-0.2, 0) is 0 Å². The molecule has 0 radical (unpaired) electrons. The van der Waals surface area contributed by atoms with Gasteiger partial charge in [0.15, 0.2) is 0 Å². The summed E-state index contributed by atoms with van der Waals surface area (Å²) in [7, 11) is 0. The third-order valence-electron chi connectivity index (χ3n) is 3.51. The van der Waals surface area contributed by atoms with Crippen LogP contribution in [0.1, 0.15) is 38.2 Å². The van der Waals surface area contributed by atoms with Crippen molar-refractivity contribution in [3.8, 4) is 0 Å². The minimum atomic E-state index is 0.372. The van der Waals surface area contributed by atoms with Crippen LogP contribution in [0.2, 0.25) is 5.02 Å². The van der Waals surface area contributed by atoms with Gasteiger partial charge in [0.05, 0.1) is 0 Å². The van der Waals surface area contributed by atoms with E-state index in [2.05, 4.69) is 36.9 Å². The number of anilines is 1. The number of hydrogen-bond donors (Lipinski definition) is 1. The number of benzene rings is 1. The Kier molecular flexibility index (Phi) is 3.95. The zero-order valence-electron chi connectivity index (χ0n) is 10.6. The summed E-state index contributed by atoms with van der Waals surface area (Å²) in [5, 5.41) is 0.882. The van der Waals surface area contributed by atoms with E-state index in [0.717, 1.165) is 31.0 Å². The Balaban J connectivity index is 2.14. The summed E-state index contributed by atoms with van der Waals surface area (Å²) in [5.41, 5.74) is 8.37. The van der Waals surface area contributed by atoms with Crippen LogP contribution in [0.4, 0.5) is 5.69 Å². The van der Waals surface area contributed by atoms with Crippen LogP contribution in [0.15, 0.2) is 18.2 Å². The van der Waals surface area contributed by atoms with Gasteiger partial charge in [0, 0.05) is 29.8 Å². The molecule has 0 amide bonds. The van der Waals surface area contributed by atoms with E-state index in [1.807, 2.05) is 0 Å². The van der Waals surface area contributed by atoms with E-state index in [4.69, 9.17) is 17.3 Å². The highest BCUT2D eigenvalue weighted by Crippen LogP contribution is 2.29. The second kappa shape index (κ2) is 5.28. The molecule has 1 aliphatic rings. The number of halogens is 1. The number of nitrogens with zero attached hydrogens (tertiary/aromatic N) is 1. The summed E-state index contributed by atoms with van der Waals surface area (Å²) in [6.07, 6.45) is 2.15. The molecule has 0 bridgehead atoms. The quantitative estimate of drug-likeness (QED) is 0.874.